The van der Waals surface area contributed by atoms with E-state index in [1.807, 2.05) is 65.2 Å². The van der Waals surface area contributed by atoms with Gasteiger partial charge in [-0.15, -0.1) is 10.2 Å². The summed E-state index contributed by atoms with van der Waals surface area (Å²) in [6, 6.07) is 19.5. The molecule has 2 aromatic heterocycles. The van der Waals surface area contributed by atoms with E-state index in [-0.39, 0.29) is 5.91 Å². The molecule has 0 saturated heterocycles. The Hall–Kier alpha value is -3.52. The number of benzene rings is 2. The van der Waals surface area contributed by atoms with Gasteiger partial charge in [0.2, 0.25) is 5.82 Å². The molecular formula is C24H22N4O3S. The molecule has 0 spiro atoms. The highest BCUT2D eigenvalue weighted by Crippen LogP contribution is 2.33. The lowest BCUT2D eigenvalue weighted by Crippen LogP contribution is -2.25. The van der Waals surface area contributed by atoms with E-state index < -0.39 is 0 Å². The van der Waals surface area contributed by atoms with Gasteiger partial charge in [0.25, 0.3) is 5.91 Å². The molecule has 0 atom stereocenters. The standard InChI is InChI=1S/C24H22N4O3S/c1-30-20-6-3-2-5-19(20)28-22(21-7-4-14-31-21)26-27-24(28)32-15-16-8-10-17(11-9-16)23(29)25-18-12-13-18/h2-11,14,18H,12-13,15H2,1H3,(H,25,29). The number of rotatable bonds is 8. The van der Waals surface area contributed by atoms with Crippen molar-refractivity contribution in [1.29, 1.82) is 0 Å². The van der Waals surface area contributed by atoms with E-state index in [0.29, 0.717) is 34.7 Å². The van der Waals surface area contributed by atoms with Crippen molar-refractivity contribution in [3.8, 4) is 23.0 Å². The molecule has 1 saturated carbocycles. The third kappa shape index (κ3) is 4.27. The fraction of sp³-hybridized carbons (Fsp3) is 0.208. The monoisotopic (exact) mass is 446 g/mol. The van der Waals surface area contributed by atoms with Crippen molar-refractivity contribution in [2.24, 2.45) is 0 Å². The predicted octanol–water partition coefficient (Wildman–Crippen LogP) is 4.72. The first-order valence-electron chi connectivity index (χ1n) is 10.4. The average Bonchev–Trinajstić information content (AvgIpc) is 3.31. The molecular weight excluding hydrogens is 424 g/mol. The van der Waals surface area contributed by atoms with Gasteiger partial charge in [-0.1, -0.05) is 36.0 Å². The van der Waals surface area contributed by atoms with Gasteiger partial charge in [0.1, 0.15) is 5.75 Å². The highest BCUT2D eigenvalue weighted by atomic mass is 32.2. The van der Waals surface area contributed by atoms with Crippen molar-refractivity contribution in [3.63, 3.8) is 0 Å². The predicted molar refractivity (Wildman–Crippen MR) is 122 cm³/mol. The van der Waals surface area contributed by atoms with Gasteiger partial charge >= 0.3 is 0 Å². The third-order valence-electron chi connectivity index (χ3n) is 5.20. The van der Waals surface area contributed by atoms with Crippen molar-refractivity contribution in [2.45, 2.75) is 29.8 Å². The number of nitrogens with one attached hydrogen (secondary N) is 1. The molecule has 0 unspecified atom stereocenters. The minimum atomic E-state index is -0.00860. The number of thioether (sulfide) groups is 1. The first kappa shape index (κ1) is 20.4. The minimum Gasteiger partial charge on any atom is -0.495 e. The van der Waals surface area contributed by atoms with Crippen LogP contribution < -0.4 is 10.1 Å². The first-order valence-corrected chi connectivity index (χ1v) is 11.4. The summed E-state index contributed by atoms with van der Waals surface area (Å²) in [5.74, 6) is 2.62. The number of ether oxygens (including phenoxy) is 1. The maximum absolute atomic E-state index is 12.2. The number of amides is 1. The Morgan fingerprint density at radius 1 is 1.12 bits per heavy atom. The molecule has 0 radical (unpaired) electrons. The van der Waals surface area contributed by atoms with Crippen LogP contribution in [0.2, 0.25) is 0 Å². The second kappa shape index (κ2) is 8.92. The summed E-state index contributed by atoms with van der Waals surface area (Å²) >= 11 is 1.56. The maximum Gasteiger partial charge on any atom is 0.251 e. The Balaban J connectivity index is 1.39. The number of nitrogens with zero attached hydrogens (tertiary/aromatic N) is 3. The van der Waals surface area contributed by atoms with Crippen molar-refractivity contribution in [3.05, 3.63) is 78.1 Å². The van der Waals surface area contributed by atoms with Gasteiger partial charge in [0.15, 0.2) is 10.9 Å². The molecule has 1 fully saturated rings. The van der Waals surface area contributed by atoms with E-state index >= 15 is 0 Å². The van der Waals surface area contributed by atoms with Gasteiger partial charge < -0.3 is 14.5 Å². The molecule has 1 aliphatic rings. The lowest BCUT2D eigenvalue weighted by Gasteiger charge is -2.13. The fourth-order valence-corrected chi connectivity index (χ4v) is 4.26. The average molecular weight is 447 g/mol. The Bertz CT molecular complexity index is 1210. The molecule has 8 heteroatoms. The quantitative estimate of drug-likeness (QED) is 0.395. The van der Waals surface area contributed by atoms with Gasteiger partial charge in [-0.2, -0.15) is 0 Å². The zero-order valence-corrected chi connectivity index (χ0v) is 18.3. The molecule has 0 aliphatic heterocycles. The molecule has 2 aromatic carbocycles. The number of furan rings is 1. The smallest absolute Gasteiger partial charge is 0.251 e. The molecule has 2 heterocycles. The SMILES string of the molecule is COc1ccccc1-n1c(SCc2ccc(C(=O)NC3CC3)cc2)nnc1-c1ccco1. The summed E-state index contributed by atoms with van der Waals surface area (Å²) in [4.78, 5) is 12.2. The second-order valence-electron chi connectivity index (χ2n) is 7.52. The van der Waals surface area contributed by atoms with Crippen molar-refractivity contribution < 1.29 is 13.9 Å². The molecule has 162 valence electrons. The van der Waals surface area contributed by atoms with Crippen molar-refractivity contribution >= 4 is 17.7 Å². The molecule has 4 aromatic rings. The van der Waals surface area contributed by atoms with E-state index in [2.05, 4.69) is 15.5 Å². The largest absolute Gasteiger partial charge is 0.495 e. The minimum absolute atomic E-state index is 0.00860. The van der Waals surface area contributed by atoms with Gasteiger partial charge in [-0.05, 0) is 54.8 Å². The summed E-state index contributed by atoms with van der Waals surface area (Å²) in [6.45, 7) is 0. The number of hydrogen-bond acceptors (Lipinski definition) is 6. The van der Waals surface area contributed by atoms with E-state index in [1.165, 1.54) is 0 Å². The highest BCUT2D eigenvalue weighted by Gasteiger charge is 2.24. The van der Waals surface area contributed by atoms with Gasteiger partial charge in [-0.3, -0.25) is 9.36 Å². The van der Waals surface area contributed by atoms with Gasteiger partial charge in [-0.25, -0.2) is 0 Å². The Morgan fingerprint density at radius 3 is 2.66 bits per heavy atom. The molecule has 0 bridgehead atoms. The molecule has 1 N–H and O–H groups in total. The van der Waals surface area contributed by atoms with Crippen molar-refractivity contribution in [2.75, 3.05) is 7.11 Å². The zero-order chi connectivity index (χ0) is 21.9. The number of carbonyl (C=O) groups is 1. The summed E-state index contributed by atoms with van der Waals surface area (Å²) in [7, 11) is 1.64. The molecule has 1 aliphatic carbocycles. The van der Waals surface area contributed by atoms with Crippen LogP contribution in [0, 0.1) is 0 Å². The van der Waals surface area contributed by atoms with Crippen LogP contribution in [0.5, 0.6) is 5.75 Å². The van der Waals surface area contributed by atoms with Crippen LogP contribution in [0.1, 0.15) is 28.8 Å². The number of hydrogen-bond donors (Lipinski definition) is 1. The van der Waals surface area contributed by atoms with E-state index in [4.69, 9.17) is 9.15 Å². The van der Waals surface area contributed by atoms with Crippen LogP contribution >= 0.6 is 11.8 Å². The van der Waals surface area contributed by atoms with Crippen LogP contribution in [0.25, 0.3) is 17.3 Å². The normalized spacial score (nSPS) is 13.2. The van der Waals surface area contributed by atoms with Crippen LogP contribution in [-0.4, -0.2) is 33.8 Å². The van der Waals surface area contributed by atoms with Gasteiger partial charge in [0.05, 0.1) is 19.1 Å². The van der Waals surface area contributed by atoms with E-state index in [0.717, 1.165) is 29.2 Å². The van der Waals surface area contributed by atoms with Crippen LogP contribution in [0.15, 0.2) is 76.5 Å². The highest BCUT2D eigenvalue weighted by molar-refractivity contribution is 7.98. The van der Waals surface area contributed by atoms with Crippen LogP contribution in [0.3, 0.4) is 0 Å². The van der Waals surface area contributed by atoms with E-state index in [1.54, 1.807) is 25.1 Å². The zero-order valence-electron chi connectivity index (χ0n) is 17.5. The number of aromatic nitrogens is 3. The Kier molecular flexibility index (Phi) is 5.68. The van der Waals surface area contributed by atoms with Crippen LogP contribution in [-0.2, 0) is 5.75 Å². The topological polar surface area (TPSA) is 82.2 Å². The molecule has 1 amide bonds. The molecule has 32 heavy (non-hydrogen) atoms. The number of methoxy groups -OCH3 is 1. The van der Waals surface area contributed by atoms with E-state index in [9.17, 15) is 4.79 Å². The van der Waals surface area contributed by atoms with Crippen LogP contribution in [0.4, 0.5) is 0 Å². The number of para-hydroxylation sites is 2. The fourth-order valence-electron chi connectivity index (χ4n) is 3.36. The third-order valence-corrected chi connectivity index (χ3v) is 6.20. The first-order chi connectivity index (χ1) is 15.7. The lowest BCUT2D eigenvalue weighted by atomic mass is 10.1. The van der Waals surface area contributed by atoms with Crippen molar-refractivity contribution in [1.82, 2.24) is 20.1 Å². The summed E-state index contributed by atoms with van der Waals surface area (Å²) in [6.07, 6.45) is 3.77. The Morgan fingerprint density at radius 2 is 1.94 bits per heavy atom. The summed E-state index contributed by atoms with van der Waals surface area (Å²) < 4.78 is 13.1. The molecule has 5 rings (SSSR count). The summed E-state index contributed by atoms with van der Waals surface area (Å²) in [5, 5.41) is 12.5. The maximum atomic E-state index is 12.2. The molecule has 7 nitrogen and oxygen atoms in total. The van der Waals surface area contributed by atoms with Gasteiger partial charge in [0, 0.05) is 17.4 Å². The summed E-state index contributed by atoms with van der Waals surface area (Å²) in [5.41, 5.74) is 2.61. The number of carbonyl (C=O) groups excluding carboxylic acids is 1. The Labute approximate surface area is 189 Å². The lowest BCUT2D eigenvalue weighted by molar-refractivity contribution is 0.0951. The second-order valence-corrected chi connectivity index (χ2v) is 8.47.